The lowest BCUT2D eigenvalue weighted by molar-refractivity contribution is -0.130. The van der Waals surface area contributed by atoms with Crippen LogP contribution in [0, 0.1) is 0 Å². The van der Waals surface area contributed by atoms with Crippen molar-refractivity contribution in [3.05, 3.63) is 34.3 Å². The number of rotatable bonds is 4. The number of halogens is 1. The van der Waals surface area contributed by atoms with E-state index in [1.165, 1.54) is 0 Å². The first-order valence-electron chi connectivity index (χ1n) is 6.21. The number of carbonyl (C=O) groups is 2. The van der Waals surface area contributed by atoms with Gasteiger partial charge in [-0.25, -0.2) is 13.2 Å². The van der Waals surface area contributed by atoms with Crippen LogP contribution in [0.4, 0.5) is 4.79 Å². The molecule has 8 heteroatoms. The molecule has 3 amide bonds. The molecule has 0 aromatic heterocycles. The standard InChI is InChI=1S/C13H15BrN2O4S/c1-13(9-4-3-5-10(14)8-9)11(17)16(12(18)15-13)6-7-21(2,19)20/h3-5,8H,6-7H2,1-2H3,(H,15,18)/t13-/m1/s1. The van der Waals surface area contributed by atoms with E-state index in [4.69, 9.17) is 0 Å². The monoisotopic (exact) mass is 374 g/mol. The molecule has 21 heavy (non-hydrogen) atoms. The molecule has 0 spiro atoms. The van der Waals surface area contributed by atoms with Crippen molar-refractivity contribution in [3.8, 4) is 0 Å². The second-order valence-corrected chi connectivity index (χ2v) is 8.33. The van der Waals surface area contributed by atoms with Crippen LogP contribution in [-0.2, 0) is 20.2 Å². The Labute approximate surface area is 131 Å². The van der Waals surface area contributed by atoms with Gasteiger partial charge in [-0.3, -0.25) is 9.69 Å². The first kappa shape index (κ1) is 16.0. The molecule has 2 rings (SSSR count). The van der Waals surface area contributed by atoms with Gasteiger partial charge in [0.15, 0.2) is 0 Å². The maximum Gasteiger partial charge on any atom is 0.325 e. The van der Waals surface area contributed by atoms with Gasteiger partial charge in [0.05, 0.1) is 5.75 Å². The topological polar surface area (TPSA) is 83.6 Å². The maximum absolute atomic E-state index is 12.5. The number of nitrogens with one attached hydrogen (secondary N) is 1. The molecule has 1 saturated heterocycles. The fourth-order valence-electron chi connectivity index (χ4n) is 2.15. The molecule has 1 aromatic rings. The van der Waals surface area contributed by atoms with E-state index in [0.717, 1.165) is 15.6 Å². The van der Waals surface area contributed by atoms with Gasteiger partial charge in [-0.2, -0.15) is 0 Å². The van der Waals surface area contributed by atoms with Gasteiger partial charge in [-0.1, -0.05) is 28.1 Å². The summed E-state index contributed by atoms with van der Waals surface area (Å²) in [4.78, 5) is 25.4. The lowest BCUT2D eigenvalue weighted by Crippen LogP contribution is -2.41. The maximum atomic E-state index is 12.5. The highest BCUT2D eigenvalue weighted by molar-refractivity contribution is 9.10. The van der Waals surface area contributed by atoms with E-state index in [9.17, 15) is 18.0 Å². The van der Waals surface area contributed by atoms with Crippen LogP contribution < -0.4 is 5.32 Å². The number of sulfone groups is 1. The van der Waals surface area contributed by atoms with Gasteiger partial charge in [0, 0.05) is 17.3 Å². The molecule has 1 fully saturated rings. The average molecular weight is 375 g/mol. The van der Waals surface area contributed by atoms with Gasteiger partial charge < -0.3 is 5.32 Å². The van der Waals surface area contributed by atoms with Gasteiger partial charge in [0.1, 0.15) is 15.4 Å². The minimum atomic E-state index is -3.25. The van der Waals surface area contributed by atoms with Crippen LogP contribution in [-0.4, -0.2) is 43.8 Å². The molecule has 0 bridgehead atoms. The molecular formula is C13H15BrN2O4S. The highest BCUT2D eigenvalue weighted by Gasteiger charge is 2.48. The van der Waals surface area contributed by atoms with Gasteiger partial charge in [-0.15, -0.1) is 0 Å². The van der Waals surface area contributed by atoms with Crippen molar-refractivity contribution in [3.63, 3.8) is 0 Å². The first-order valence-corrected chi connectivity index (χ1v) is 9.07. The van der Waals surface area contributed by atoms with Crippen LogP contribution in [0.1, 0.15) is 12.5 Å². The summed E-state index contributed by atoms with van der Waals surface area (Å²) in [5.74, 6) is -0.699. The predicted octanol–water partition coefficient (Wildman–Crippen LogP) is 1.26. The summed E-state index contributed by atoms with van der Waals surface area (Å²) in [7, 11) is -3.25. The van der Waals surface area contributed by atoms with Gasteiger partial charge in [0.25, 0.3) is 5.91 Å². The molecule has 1 aromatic carbocycles. The van der Waals surface area contributed by atoms with Crippen molar-refractivity contribution in [1.29, 1.82) is 0 Å². The molecule has 1 N–H and O–H groups in total. The molecule has 0 radical (unpaired) electrons. The smallest absolute Gasteiger partial charge is 0.319 e. The van der Waals surface area contributed by atoms with E-state index in [1.807, 2.05) is 6.07 Å². The predicted molar refractivity (Wildman–Crippen MR) is 81.4 cm³/mol. The molecule has 1 atom stereocenters. The van der Waals surface area contributed by atoms with Crippen LogP contribution >= 0.6 is 15.9 Å². The number of nitrogens with zero attached hydrogens (tertiary/aromatic N) is 1. The fourth-order valence-corrected chi connectivity index (χ4v) is 3.07. The summed E-state index contributed by atoms with van der Waals surface area (Å²) in [6.45, 7) is 1.46. The average Bonchev–Trinajstić information content (AvgIpc) is 2.58. The van der Waals surface area contributed by atoms with Crippen molar-refractivity contribution in [2.45, 2.75) is 12.5 Å². The zero-order valence-corrected chi connectivity index (χ0v) is 14.0. The number of carbonyl (C=O) groups excluding carboxylic acids is 2. The SMILES string of the molecule is C[C@]1(c2cccc(Br)c2)NC(=O)N(CCS(C)(=O)=O)C1=O. The Morgan fingerprint density at radius 3 is 2.57 bits per heavy atom. The van der Waals surface area contributed by atoms with Crippen molar-refractivity contribution in [2.24, 2.45) is 0 Å². The van der Waals surface area contributed by atoms with Crippen molar-refractivity contribution in [2.75, 3.05) is 18.6 Å². The van der Waals surface area contributed by atoms with Crippen molar-refractivity contribution in [1.82, 2.24) is 10.2 Å². The second kappa shape index (κ2) is 5.42. The number of hydrogen-bond donors (Lipinski definition) is 1. The van der Waals surface area contributed by atoms with E-state index in [-0.39, 0.29) is 12.3 Å². The Morgan fingerprint density at radius 2 is 2.00 bits per heavy atom. The molecule has 1 heterocycles. The Morgan fingerprint density at radius 1 is 1.33 bits per heavy atom. The van der Waals surface area contributed by atoms with E-state index in [0.29, 0.717) is 5.56 Å². The summed E-state index contributed by atoms with van der Waals surface area (Å²) >= 11 is 3.32. The largest absolute Gasteiger partial charge is 0.325 e. The Bertz CT molecular complexity index is 704. The van der Waals surface area contributed by atoms with E-state index in [1.54, 1.807) is 25.1 Å². The van der Waals surface area contributed by atoms with Crippen LogP contribution in [0.25, 0.3) is 0 Å². The van der Waals surface area contributed by atoms with Crippen molar-refractivity contribution >= 4 is 37.7 Å². The minimum Gasteiger partial charge on any atom is -0.319 e. The molecule has 0 saturated carbocycles. The molecule has 1 aliphatic heterocycles. The molecule has 114 valence electrons. The molecule has 0 unspecified atom stereocenters. The Hall–Kier alpha value is -1.41. The summed E-state index contributed by atoms with van der Waals surface area (Å²) in [6, 6.07) is 6.49. The van der Waals surface area contributed by atoms with E-state index in [2.05, 4.69) is 21.2 Å². The van der Waals surface area contributed by atoms with Gasteiger partial charge in [-0.05, 0) is 24.6 Å². The number of amides is 3. The summed E-state index contributed by atoms with van der Waals surface area (Å²) < 4.78 is 23.2. The molecular weight excluding hydrogens is 360 g/mol. The van der Waals surface area contributed by atoms with E-state index >= 15 is 0 Å². The highest BCUT2D eigenvalue weighted by Crippen LogP contribution is 2.30. The molecule has 1 aliphatic rings. The summed E-state index contributed by atoms with van der Waals surface area (Å²) in [5.41, 5.74) is -0.546. The lowest BCUT2D eigenvalue weighted by atomic mass is 9.92. The third-order valence-electron chi connectivity index (χ3n) is 3.36. The third-order valence-corrected chi connectivity index (χ3v) is 4.78. The second-order valence-electron chi connectivity index (χ2n) is 5.15. The normalized spacial score (nSPS) is 22.5. The van der Waals surface area contributed by atoms with Crippen molar-refractivity contribution < 1.29 is 18.0 Å². The zero-order valence-electron chi connectivity index (χ0n) is 11.6. The fraction of sp³-hybridized carbons (Fsp3) is 0.385. The minimum absolute atomic E-state index is 0.146. The number of urea groups is 1. The summed E-state index contributed by atoms with van der Waals surface area (Å²) in [6.07, 6.45) is 1.07. The summed E-state index contributed by atoms with van der Waals surface area (Å²) in [5, 5.41) is 2.63. The quantitative estimate of drug-likeness (QED) is 0.804. The Balaban J connectivity index is 2.28. The lowest BCUT2D eigenvalue weighted by Gasteiger charge is -2.22. The first-order chi connectivity index (χ1) is 9.63. The molecule has 0 aliphatic carbocycles. The van der Waals surface area contributed by atoms with Crippen LogP contribution in [0.5, 0.6) is 0 Å². The van der Waals surface area contributed by atoms with Crippen LogP contribution in [0.3, 0.4) is 0 Å². The van der Waals surface area contributed by atoms with Crippen LogP contribution in [0.15, 0.2) is 28.7 Å². The van der Waals surface area contributed by atoms with Gasteiger partial charge in [0.2, 0.25) is 0 Å². The van der Waals surface area contributed by atoms with E-state index < -0.39 is 27.3 Å². The third kappa shape index (κ3) is 3.26. The Kier molecular flexibility index (Phi) is 4.12. The number of hydrogen-bond acceptors (Lipinski definition) is 4. The number of imide groups is 1. The van der Waals surface area contributed by atoms with Gasteiger partial charge >= 0.3 is 6.03 Å². The molecule has 6 nitrogen and oxygen atoms in total. The van der Waals surface area contributed by atoms with Crippen LogP contribution in [0.2, 0.25) is 0 Å². The number of benzene rings is 1. The zero-order chi connectivity index (χ0) is 15.8. The highest BCUT2D eigenvalue weighted by atomic mass is 79.9.